The Hall–Kier alpha value is -1.14. The number of thiophene rings is 1. The highest BCUT2D eigenvalue weighted by Crippen LogP contribution is 2.24. The van der Waals surface area contributed by atoms with Crippen LogP contribution in [-0.2, 0) is 11.3 Å². The van der Waals surface area contributed by atoms with Crippen LogP contribution in [0.3, 0.4) is 0 Å². The number of aromatic nitrogens is 2. The highest BCUT2D eigenvalue weighted by atomic mass is 32.2. The van der Waals surface area contributed by atoms with Crippen LogP contribution in [0.1, 0.15) is 27.7 Å². The number of nitrogens with zero attached hydrogens (tertiary/aromatic N) is 2. The summed E-state index contributed by atoms with van der Waals surface area (Å²) in [6.07, 6.45) is 0. The first-order valence-corrected chi connectivity index (χ1v) is 8.35. The first-order valence-electron chi connectivity index (χ1n) is 6.48. The Morgan fingerprint density at radius 1 is 1.45 bits per heavy atom. The van der Waals surface area contributed by atoms with Crippen molar-refractivity contribution >= 4 is 39.1 Å². The number of thioether (sulfide) groups is 1. The Kier molecular flexibility index (Phi) is 4.34. The number of ketones is 1. The van der Waals surface area contributed by atoms with Crippen LogP contribution in [0.2, 0.25) is 0 Å². The van der Waals surface area contributed by atoms with E-state index in [-0.39, 0.29) is 16.8 Å². The number of hydrogen-bond acceptors (Lipinski definition) is 5. The van der Waals surface area contributed by atoms with Gasteiger partial charge < -0.3 is 0 Å². The average molecular weight is 310 g/mol. The van der Waals surface area contributed by atoms with E-state index in [1.54, 1.807) is 4.57 Å². The third-order valence-electron chi connectivity index (χ3n) is 3.02. The number of rotatable bonds is 4. The van der Waals surface area contributed by atoms with E-state index in [0.717, 1.165) is 5.52 Å². The lowest BCUT2D eigenvalue weighted by Gasteiger charge is -2.16. The summed E-state index contributed by atoms with van der Waals surface area (Å²) in [4.78, 5) is 28.8. The summed E-state index contributed by atoms with van der Waals surface area (Å²) in [5, 5.41) is 2.49. The molecule has 0 aliphatic heterocycles. The lowest BCUT2D eigenvalue weighted by atomic mass is 9.92. The minimum absolute atomic E-state index is 0.0155. The van der Waals surface area contributed by atoms with Crippen molar-refractivity contribution in [2.75, 3.05) is 5.75 Å². The Morgan fingerprint density at radius 2 is 2.15 bits per heavy atom. The zero-order chi connectivity index (χ0) is 14.9. The van der Waals surface area contributed by atoms with Gasteiger partial charge in [0.05, 0.1) is 11.3 Å². The predicted octanol–water partition coefficient (Wildman–Crippen LogP) is 3.19. The van der Waals surface area contributed by atoms with Crippen LogP contribution in [0.25, 0.3) is 10.2 Å². The van der Waals surface area contributed by atoms with Gasteiger partial charge in [-0.25, -0.2) is 4.98 Å². The predicted molar refractivity (Wildman–Crippen MR) is 84.7 cm³/mol. The maximum Gasteiger partial charge on any atom is 0.272 e. The molecule has 2 heterocycles. The molecule has 2 aromatic heterocycles. The number of carbonyl (C=O) groups excluding carboxylic acids is 1. The van der Waals surface area contributed by atoms with E-state index in [1.807, 2.05) is 39.1 Å². The summed E-state index contributed by atoms with van der Waals surface area (Å²) < 4.78 is 2.32. The monoisotopic (exact) mass is 310 g/mol. The highest BCUT2D eigenvalue weighted by molar-refractivity contribution is 7.99. The Balaban J connectivity index is 2.34. The third-order valence-corrected chi connectivity index (χ3v) is 4.88. The zero-order valence-electron chi connectivity index (χ0n) is 12.1. The van der Waals surface area contributed by atoms with E-state index >= 15 is 0 Å². The van der Waals surface area contributed by atoms with Crippen molar-refractivity contribution in [2.45, 2.75) is 39.4 Å². The zero-order valence-corrected chi connectivity index (χ0v) is 13.7. The molecule has 0 aliphatic rings. The molecular weight excluding hydrogens is 292 g/mol. The van der Waals surface area contributed by atoms with Crippen LogP contribution in [0.15, 0.2) is 21.4 Å². The van der Waals surface area contributed by atoms with Gasteiger partial charge in [0.1, 0.15) is 10.5 Å². The molecule has 0 spiro atoms. The molecule has 0 bridgehead atoms. The molecule has 4 nitrogen and oxygen atoms in total. The van der Waals surface area contributed by atoms with Crippen LogP contribution in [-0.4, -0.2) is 21.1 Å². The van der Waals surface area contributed by atoms with Gasteiger partial charge in [-0.05, 0) is 18.4 Å². The molecule has 6 heteroatoms. The summed E-state index contributed by atoms with van der Waals surface area (Å²) in [5.41, 5.74) is 0.338. The van der Waals surface area contributed by atoms with Crippen molar-refractivity contribution in [3.63, 3.8) is 0 Å². The topological polar surface area (TPSA) is 52.0 Å². The molecule has 108 valence electrons. The minimum Gasteiger partial charge on any atom is -0.298 e. The van der Waals surface area contributed by atoms with E-state index in [4.69, 9.17) is 0 Å². The van der Waals surface area contributed by atoms with Crippen molar-refractivity contribution in [1.82, 2.24) is 9.55 Å². The third kappa shape index (κ3) is 2.96. The van der Waals surface area contributed by atoms with Crippen molar-refractivity contribution in [3.05, 3.63) is 21.8 Å². The van der Waals surface area contributed by atoms with E-state index in [9.17, 15) is 9.59 Å². The van der Waals surface area contributed by atoms with Gasteiger partial charge in [0, 0.05) is 12.0 Å². The molecule has 0 amide bonds. The second kappa shape index (κ2) is 5.69. The van der Waals surface area contributed by atoms with Crippen molar-refractivity contribution in [2.24, 2.45) is 5.41 Å². The minimum atomic E-state index is -0.364. The molecule has 0 saturated carbocycles. The van der Waals surface area contributed by atoms with E-state index < -0.39 is 0 Å². The molecule has 20 heavy (non-hydrogen) atoms. The summed E-state index contributed by atoms with van der Waals surface area (Å²) in [7, 11) is 0. The molecule has 0 radical (unpaired) electrons. The van der Waals surface area contributed by atoms with Gasteiger partial charge in [0.15, 0.2) is 5.16 Å². The Labute approximate surface area is 126 Å². The standard InChI is InChI=1S/C14H18N2O2S2/c1-5-16-12(18)11-9(6-7-19-11)15-13(16)20-8-10(17)14(2,3)4/h6-7H,5,8H2,1-4H3. The highest BCUT2D eigenvalue weighted by Gasteiger charge is 2.22. The molecule has 2 aromatic rings. The van der Waals surface area contributed by atoms with Gasteiger partial charge in [-0.3, -0.25) is 14.2 Å². The van der Waals surface area contributed by atoms with E-state index in [1.165, 1.54) is 23.1 Å². The lowest BCUT2D eigenvalue weighted by molar-refractivity contribution is -0.123. The van der Waals surface area contributed by atoms with Crippen molar-refractivity contribution < 1.29 is 4.79 Å². The summed E-state index contributed by atoms with van der Waals surface area (Å²) in [5.74, 6) is 0.496. The van der Waals surface area contributed by atoms with Gasteiger partial charge in [-0.15, -0.1) is 11.3 Å². The van der Waals surface area contributed by atoms with Gasteiger partial charge in [-0.2, -0.15) is 0 Å². The van der Waals surface area contributed by atoms with Crippen molar-refractivity contribution in [3.8, 4) is 0 Å². The molecule has 0 unspecified atom stereocenters. The number of Topliss-reactive ketones (excluding diaryl/α,β-unsaturated/α-hetero) is 1. The van der Waals surface area contributed by atoms with E-state index in [2.05, 4.69) is 4.98 Å². The maximum atomic E-state index is 12.3. The molecular formula is C14H18N2O2S2. The second-order valence-corrected chi connectivity index (χ2v) is 7.40. The Morgan fingerprint density at radius 3 is 2.75 bits per heavy atom. The summed E-state index contributed by atoms with van der Waals surface area (Å²) >= 11 is 2.75. The van der Waals surface area contributed by atoms with Crippen LogP contribution in [0, 0.1) is 5.41 Å². The fourth-order valence-electron chi connectivity index (χ4n) is 1.66. The van der Waals surface area contributed by atoms with Gasteiger partial charge in [-0.1, -0.05) is 32.5 Å². The van der Waals surface area contributed by atoms with Gasteiger partial charge in [0.25, 0.3) is 5.56 Å². The molecule has 0 aliphatic carbocycles. The van der Waals surface area contributed by atoms with Crippen LogP contribution >= 0.6 is 23.1 Å². The SMILES string of the molecule is CCn1c(SCC(=O)C(C)(C)C)nc2ccsc2c1=O. The van der Waals surface area contributed by atoms with Gasteiger partial charge >= 0.3 is 0 Å². The lowest BCUT2D eigenvalue weighted by Crippen LogP contribution is -2.24. The first-order chi connectivity index (χ1) is 9.34. The summed E-state index contributed by atoms with van der Waals surface area (Å²) in [6, 6.07) is 1.84. The summed E-state index contributed by atoms with van der Waals surface area (Å²) in [6.45, 7) is 8.18. The maximum absolute atomic E-state index is 12.3. The molecule has 0 N–H and O–H groups in total. The molecule has 0 saturated heterocycles. The molecule has 0 aromatic carbocycles. The number of fused-ring (bicyclic) bond motifs is 1. The Bertz CT molecular complexity index is 695. The second-order valence-electron chi connectivity index (χ2n) is 5.54. The smallest absolute Gasteiger partial charge is 0.272 e. The van der Waals surface area contributed by atoms with Crippen LogP contribution in [0.4, 0.5) is 0 Å². The van der Waals surface area contributed by atoms with Crippen molar-refractivity contribution in [1.29, 1.82) is 0 Å². The fraction of sp³-hybridized carbons (Fsp3) is 0.500. The molecule has 2 rings (SSSR count). The van der Waals surface area contributed by atoms with E-state index in [0.29, 0.717) is 22.2 Å². The van der Waals surface area contributed by atoms with Gasteiger partial charge in [0.2, 0.25) is 0 Å². The molecule has 0 atom stereocenters. The molecule has 0 fully saturated rings. The number of hydrogen-bond donors (Lipinski definition) is 0. The quantitative estimate of drug-likeness (QED) is 0.643. The average Bonchev–Trinajstić information content (AvgIpc) is 2.83. The van der Waals surface area contributed by atoms with Crippen LogP contribution in [0.5, 0.6) is 0 Å². The normalized spacial score (nSPS) is 12.0. The van der Waals surface area contributed by atoms with Crippen LogP contribution < -0.4 is 5.56 Å². The first kappa shape index (κ1) is 15.3. The largest absolute Gasteiger partial charge is 0.298 e. The fourth-order valence-corrected chi connectivity index (χ4v) is 3.66. The number of carbonyl (C=O) groups is 1.